The van der Waals surface area contributed by atoms with Crippen LogP contribution in [0.5, 0.6) is 0 Å². The maximum atomic E-state index is 4.28. The van der Waals surface area contributed by atoms with E-state index in [-0.39, 0.29) is 32.7 Å². The van der Waals surface area contributed by atoms with Crippen molar-refractivity contribution in [2.75, 3.05) is 27.2 Å². The fraction of sp³-hybridized carbons (Fsp3) is 0.833. The Hall–Kier alpha value is 0.734. The van der Waals surface area contributed by atoms with Gasteiger partial charge in [0.25, 0.3) is 0 Å². The number of likely N-dealkylation sites (N-methyl/N-ethyl adjacent to an activating group) is 1. The van der Waals surface area contributed by atoms with Gasteiger partial charge in [0.15, 0.2) is 5.84 Å². The standard InChI is InChI=1S/C6H13N2.Y/c1-6-7-4-5-8(6,2)3;/h4-5H2,1-3H3;/q+1;. The topological polar surface area (TPSA) is 12.4 Å². The molecule has 0 aliphatic carbocycles. The Morgan fingerprint density at radius 2 is 2.00 bits per heavy atom. The van der Waals surface area contributed by atoms with E-state index in [2.05, 4.69) is 26.0 Å². The molecule has 0 bridgehead atoms. The van der Waals surface area contributed by atoms with Gasteiger partial charge in [0, 0.05) is 39.6 Å². The van der Waals surface area contributed by atoms with Gasteiger partial charge in [0.1, 0.15) is 6.54 Å². The van der Waals surface area contributed by atoms with Crippen LogP contribution in [0.4, 0.5) is 0 Å². The van der Waals surface area contributed by atoms with Gasteiger partial charge in [-0.2, -0.15) is 0 Å². The Labute approximate surface area is 81.8 Å². The van der Waals surface area contributed by atoms with E-state index in [9.17, 15) is 0 Å². The first kappa shape index (κ1) is 9.73. The molecule has 1 heterocycles. The summed E-state index contributed by atoms with van der Waals surface area (Å²) in [4.78, 5) is 4.28. The maximum Gasteiger partial charge on any atom is 0.194 e. The predicted molar refractivity (Wildman–Crippen MR) is 35.0 cm³/mol. The normalized spacial score (nSPS) is 22.8. The number of nitrogens with zero attached hydrogens (tertiary/aromatic N) is 2. The molecule has 0 saturated heterocycles. The van der Waals surface area contributed by atoms with E-state index in [4.69, 9.17) is 0 Å². The molecule has 0 saturated carbocycles. The molecule has 1 aliphatic rings. The summed E-state index contributed by atoms with van der Waals surface area (Å²) in [5, 5.41) is 0. The summed E-state index contributed by atoms with van der Waals surface area (Å²) in [6.45, 7) is 4.28. The number of hydrogen-bond acceptors (Lipinski definition) is 1. The molecule has 1 aliphatic heterocycles. The molecule has 9 heavy (non-hydrogen) atoms. The van der Waals surface area contributed by atoms with Gasteiger partial charge >= 0.3 is 0 Å². The summed E-state index contributed by atoms with van der Waals surface area (Å²) in [6.07, 6.45) is 0. The Bertz CT molecular complexity index is 129. The molecular weight excluding hydrogens is 189 g/mol. The SMILES string of the molecule is CC1=NCC[N+]1(C)C.[Y]. The number of rotatable bonds is 0. The third kappa shape index (κ3) is 2.10. The molecular formula is C6H13N2Y+. The molecule has 0 amide bonds. The average molecular weight is 202 g/mol. The predicted octanol–water partition coefficient (Wildman–Crippen LogP) is 0.492. The van der Waals surface area contributed by atoms with E-state index in [1.807, 2.05) is 0 Å². The second kappa shape index (κ2) is 3.22. The van der Waals surface area contributed by atoms with Crippen LogP contribution in [-0.2, 0) is 32.7 Å². The Morgan fingerprint density at radius 1 is 1.44 bits per heavy atom. The molecule has 0 spiro atoms. The molecule has 3 heteroatoms. The zero-order chi connectivity index (χ0) is 6.20. The van der Waals surface area contributed by atoms with Crippen LogP contribution in [0.3, 0.4) is 0 Å². The minimum absolute atomic E-state index is 0. The van der Waals surface area contributed by atoms with Crippen molar-refractivity contribution in [3.8, 4) is 0 Å². The molecule has 0 N–H and O–H groups in total. The van der Waals surface area contributed by atoms with Crippen molar-refractivity contribution in [2.24, 2.45) is 4.99 Å². The molecule has 0 aromatic carbocycles. The second-order valence-electron chi connectivity index (χ2n) is 2.84. The molecule has 0 aromatic rings. The van der Waals surface area contributed by atoms with E-state index in [1.54, 1.807) is 0 Å². The van der Waals surface area contributed by atoms with Crippen LogP contribution in [0, 0.1) is 0 Å². The molecule has 1 radical (unpaired) electrons. The molecule has 2 nitrogen and oxygen atoms in total. The minimum atomic E-state index is 0. The van der Waals surface area contributed by atoms with Gasteiger partial charge in [-0.15, -0.1) is 0 Å². The van der Waals surface area contributed by atoms with Crippen molar-refractivity contribution in [2.45, 2.75) is 6.92 Å². The second-order valence-corrected chi connectivity index (χ2v) is 2.84. The van der Waals surface area contributed by atoms with Gasteiger partial charge in [0.05, 0.1) is 20.6 Å². The van der Waals surface area contributed by atoms with Crippen molar-refractivity contribution in [1.29, 1.82) is 0 Å². The fourth-order valence-corrected chi connectivity index (χ4v) is 0.815. The van der Waals surface area contributed by atoms with E-state index >= 15 is 0 Å². The quantitative estimate of drug-likeness (QED) is 0.507. The van der Waals surface area contributed by atoms with Crippen molar-refractivity contribution >= 4 is 5.84 Å². The average Bonchev–Trinajstić information content (AvgIpc) is 1.86. The van der Waals surface area contributed by atoms with Crippen LogP contribution < -0.4 is 0 Å². The number of amidine groups is 1. The number of hydrogen-bond donors (Lipinski definition) is 0. The van der Waals surface area contributed by atoms with Gasteiger partial charge in [-0.05, 0) is 0 Å². The van der Waals surface area contributed by atoms with Crippen molar-refractivity contribution < 1.29 is 37.2 Å². The monoisotopic (exact) mass is 202 g/mol. The van der Waals surface area contributed by atoms with E-state index in [1.165, 1.54) is 12.4 Å². The third-order valence-corrected chi connectivity index (χ3v) is 1.88. The smallest absolute Gasteiger partial charge is 0.194 e. The summed E-state index contributed by atoms with van der Waals surface area (Å²) < 4.78 is 0.986. The van der Waals surface area contributed by atoms with Crippen molar-refractivity contribution in [1.82, 2.24) is 0 Å². The van der Waals surface area contributed by atoms with Crippen LogP contribution in [0.1, 0.15) is 6.92 Å². The largest absolute Gasteiger partial charge is 0.282 e. The van der Waals surface area contributed by atoms with Gasteiger partial charge in [0.2, 0.25) is 0 Å². The molecule has 0 fully saturated rings. The van der Waals surface area contributed by atoms with Crippen molar-refractivity contribution in [3.63, 3.8) is 0 Å². The molecule has 0 atom stereocenters. The van der Waals surface area contributed by atoms with Gasteiger partial charge < -0.3 is 0 Å². The number of quaternary nitrogens is 1. The Morgan fingerprint density at radius 3 is 2.11 bits per heavy atom. The van der Waals surface area contributed by atoms with Gasteiger partial charge in [-0.1, -0.05) is 0 Å². The molecule has 0 unspecified atom stereocenters. The van der Waals surface area contributed by atoms with Crippen LogP contribution in [0.15, 0.2) is 4.99 Å². The summed E-state index contributed by atoms with van der Waals surface area (Å²) in [7, 11) is 4.37. The summed E-state index contributed by atoms with van der Waals surface area (Å²) in [5.41, 5.74) is 0. The van der Waals surface area contributed by atoms with Crippen LogP contribution >= 0.6 is 0 Å². The minimum Gasteiger partial charge on any atom is -0.282 e. The first-order valence-electron chi connectivity index (χ1n) is 2.97. The fourth-order valence-electron chi connectivity index (χ4n) is 0.815. The Kier molecular flexibility index (Phi) is 3.48. The first-order chi connectivity index (χ1) is 3.63. The first-order valence-corrected chi connectivity index (χ1v) is 2.97. The van der Waals surface area contributed by atoms with Gasteiger partial charge in [-0.3, -0.25) is 4.48 Å². The molecule has 0 aromatic heterocycles. The van der Waals surface area contributed by atoms with Crippen LogP contribution in [0.25, 0.3) is 0 Å². The van der Waals surface area contributed by atoms with Crippen LogP contribution in [-0.4, -0.2) is 37.5 Å². The zero-order valence-electron chi connectivity index (χ0n) is 6.39. The number of aliphatic imine (C=N–C) groups is 1. The third-order valence-electron chi connectivity index (χ3n) is 1.88. The van der Waals surface area contributed by atoms with E-state index < -0.39 is 0 Å². The van der Waals surface area contributed by atoms with E-state index in [0.717, 1.165) is 11.0 Å². The summed E-state index contributed by atoms with van der Waals surface area (Å²) in [5.74, 6) is 1.25. The van der Waals surface area contributed by atoms with Crippen LogP contribution in [0.2, 0.25) is 0 Å². The maximum absolute atomic E-state index is 4.28. The summed E-state index contributed by atoms with van der Waals surface area (Å²) >= 11 is 0. The van der Waals surface area contributed by atoms with E-state index in [0.29, 0.717) is 0 Å². The summed E-state index contributed by atoms with van der Waals surface area (Å²) in [6, 6.07) is 0. The zero-order valence-corrected chi connectivity index (χ0v) is 9.22. The van der Waals surface area contributed by atoms with Crippen molar-refractivity contribution in [3.05, 3.63) is 0 Å². The molecule has 49 valence electrons. The Balaban J connectivity index is 0.000000640. The van der Waals surface area contributed by atoms with Gasteiger partial charge in [-0.25, -0.2) is 4.99 Å². The molecule has 1 rings (SSSR count).